The highest BCUT2D eigenvalue weighted by atomic mass is 79.9. The van der Waals surface area contributed by atoms with Crippen molar-refractivity contribution >= 4 is 33.5 Å². The topological polar surface area (TPSA) is 79.2 Å². The number of anilines is 1. The lowest BCUT2D eigenvalue weighted by Gasteiger charge is -2.58. The van der Waals surface area contributed by atoms with Gasteiger partial charge in [-0.2, -0.15) is 5.26 Å². The molecule has 2 unspecified atom stereocenters. The Labute approximate surface area is 161 Å². The fourth-order valence-corrected chi connectivity index (χ4v) is 6.99. The molecule has 0 heterocycles. The molecule has 136 valence electrons. The number of amides is 1. The maximum absolute atomic E-state index is 12.8. The molecular formula is C20H21BrN2O3. The first-order valence-corrected chi connectivity index (χ1v) is 9.85. The van der Waals surface area contributed by atoms with Crippen molar-refractivity contribution < 1.29 is 14.3 Å². The first-order chi connectivity index (χ1) is 12.4. The summed E-state index contributed by atoms with van der Waals surface area (Å²) < 4.78 is 5.51. The molecule has 4 saturated carbocycles. The first-order valence-electron chi connectivity index (χ1n) is 9.06. The van der Waals surface area contributed by atoms with Crippen LogP contribution < -0.4 is 5.32 Å². The number of esters is 1. The van der Waals surface area contributed by atoms with Gasteiger partial charge in [0.2, 0.25) is 0 Å². The number of rotatable bonds is 4. The van der Waals surface area contributed by atoms with Crippen LogP contribution in [0.5, 0.6) is 0 Å². The van der Waals surface area contributed by atoms with E-state index in [9.17, 15) is 9.59 Å². The molecule has 26 heavy (non-hydrogen) atoms. The molecule has 6 heteroatoms. The molecule has 5 nitrogen and oxygen atoms in total. The number of alkyl halides is 1. The maximum atomic E-state index is 12.8. The van der Waals surface area contributed by atoms with Crippen molar-refractivity contribution in [1.82, 2.24) is 0 Å². The number of benzene rings is 1. The lowest BCUT2D eigenvalue weighted by molar-refractivity contribution is -0.170. The molecular weight excluding hydrogens is 396 g/mol. The smallest absolute Gasteiger partial charge is 0.312 e. The summed E-state index contributed by atoms with van der Waals surface area (Å²) in [6.07, 6.45) is 6.11. The SMILES string of the molecule is N#Cc1cccc(NC(=O)COC(=O)C23CC4CC(CC(Br)(C4)C2)C3)c1. The highest BCUT2D eigenvalue weighted by Crippen LogP contribution is 2.64. The largest absolute Gasteiger partial charge is 0.455 e. The maximum Gasteiger partial charge on any atom is 0.312 e. The minimum Gasteiger partial charge on any atom is -0.455 e. The number of nitriles is 1. The molecule has 4 aliphatic rings. The van der Waals surface area contributed by atoms with Crippen molar-refractivity contribution in [1.29, 1.82) is 5.26 Å². The van der Waals surface area contributed by atoms with Crippen LogP contribution in [0, 0.1) is 28.6 Å². The molecule has 1 aromatic rings. The molecule has 2 atom stereocenters. The van der Waals surface area contributed by atoms with E-state index in [0.29, 0.717) is 23.1 Å². The summed E-state index contributed by atoms with van der Waals surface area (Å²) in [4.78, 5) is 25.0. The fourth-order valence-electron chi connectivity index (χ4n) is 5.54. The van der Waals surface area contributed by atoms with Gasteiger partial charge >= 0.3 is 5.97 Å². The van der Waals surface area contributed by atoms with Gasteiger partial charge in [0.25, 0.3) is 5.91 Å². The van der Waals surface area contributed by atoms with Gasteiger partial charge in [0.15, 0.2) is 6.61 Å². The highest BCUT2D eigenvalue weighted by Gasteiger charge is 2.60. The number of hydrogen-bond acceptors (Lipinski definition) is 4. The minimum absolute atomic E-state index is 0.0795. The quantitative estimate of drug-likeness (QED) is 0.598. The van der Waals surface area contributed by atoms with E-state index in [2.05, 4.69) is 21.2 Å². The normalized spacial score (nSPS) is 34.2. The van der Waals surface area contributed by atoms with Gasteiger partial charge in [-0.3, -0.25) is 9.59 Å². The Balaban J connectivity index is 1.37. The monoisotopic (exact) mass is 416 g/mol. The summed E-state index contributed by atoms with van der Waals surface area (Å²) in [5.74, 6) is 0.569. The van der Waals surface area contributed by atoms with Gasteiger partial charge in [-0.1, -0.05) is 22.0 Å². The van der Waals surface area contributed by atoms with Crippen LogP contribution in [0.15, 0.2) is 24.3 Å². The Morgan fingerprint density at radius 3 is 2.65 bits per heavy atom. The minimum atomic E-state index is -0.422. The van der Waals surface area contributed by atoms with Crippen LogP contribution in [0.4, 0.5) is 5.69 Å². The average molecular weight is 417 g/mol. The number of carbonyl (C=O) groups excluding carboxylic acids is 2. The number of nitrogens with zero attached hydrogens (tertiary/aromatic N) is 1. The van der Waals surface area contributed by atoms with Crippen molar-refractivity contribution in [2.75, 3.05) is 11.9 Å². The lowest BCUT2D eigenvalue weighted by Crippen LogP contribution is -2.56. The number of ether oxygens (including phenoxy) is 1. The van der Waals surface area contributed by atoms with E-state index in [4.69, 9.17) is 10.00 Å². The van der Waals surface area contributed by atoms with E-state index >= 15 is 0 Å². The van der Waals surface area contributed by atoms with Gasteiger partial charge in [0.05, 0.1) is 17.0 Å². The van der Waals surface area contributed by atoms with E-state index in [1.54, 1.807) is 24.3 Å². The zero-order valence-electron chi connectivity index (χ0n) is 14.5. The Hall–Kier alpha value is -1.87. The first kappa shape index (κ1) is 17.5. The van der Waals surface area contributed by atoms with Gasteiger partial charge in [0.1, 0.15) is 0 Å². The zero-order chi connectivity index (χ0) is 18.4. The standard InChI is InChI=1S/C20H21BrN2O3/c21-20-8-14-4-15(9-20)7-19(6-14,12-20)18(25)26-11-17(24)23-16-3-1-2-13(5-16)10-22/h1-3,5,14-15H,4,6-9,11-12H2,(H,23,24). The fraction of sp³-hybridized carbons (Fsp3) is 0.550. The van der Waals surface area contributed by atoms with Crippen LogP contribution >= 0.6 is 15.9 Å². The van der Waals surface area contributed by atoms with Crippen LogP contribution in [-0.4, -0.2) is 22.8 Å². The van der Waals surface area contributed by atoms with Crippen molar-refractivity contribution in [3.8, 4) is 6.07 Å². The van der Waals surface area contributed by atoms with E-state index in [0.717, 1.165) is 32.1 Å². The zero-order valence-corrected chi connectivity index (χ0v) is 16.0. The summed E-state index contributed by atoms with van der Waals surface area (Å²) in [6, 6.07) is 8.69. The summed E-state index contributed by atoms with van der Waals surface area (Å²) in [7, 11) is 0. The van der Waals surface area contributed by atoms with Gasteiger partial charge in [0, 0.05) is 10.0 Å². The van der Waals surface area contributed by atoms with Crippen LogP contribution in [0.25, 0.3) is 0 Å². The Morgan fingerprint density at radius 2 is 2.00 bits per heavy atom. The molecule has 0 spiro atoms. The third-order valence-corrected chi connectivity index (χ3v) is 6.96. The molecule has 1 aromatic carbocycles. The lowest BCUT2D eigenvalue weighted by atomic mass is 9.49. The summed E-state index contributed by atoms with van der Waals surface area (Å²) >= 11 is 3.89. The van der Waals surface area contributed by atoms with Gasteiger partial charge < -0.3 is 10.1 Å². The second kappa shape index (κ2) is 6.38. The van der Waals surface area contributed by atoms with Crippen molar-refractivity contribution in [3.63, 3.8) is 0 Å². The Bertz CT molecular complexity index is 786. The van der Waals surface area contributed by atoms with Gasteiger partial charge in [-0.15, -0.1) is 0 Å². The number of hydrogen-bond donors (Lipinski definition) is 1. The highest BCUT2D eigenvalue weighted by molar-refractivity contribution is 9.10. The predicted molar refractivity (Wildman–Crippen MR) is 99.5 cm³/mol. The molecule has 1 amide bonds. The van der Waals surface area contributed by atoms with Gasteiger partial charge in [-0.25, -0.2) is 0 Å². The molecule has 0 aromatic heterocycles. The number of halogens is 1. The van der Waals surface area contributed by atoms with E-state index in [1.807, 2.05) is 6.07 Å². The Morgan fingerprint density at radius 1 is 1.27 bits per heavy atom. The average Bonchev–Trinajstić information content (AvgIpc) is 2.57. The van der Waals surface area contributed by atoms with E-state index in [-0.39, 0.29) is 22.8 Å². The summed E-state index contributed by atoms with van der Waals surface area (Å²) in [5, 5.41) is 11.6. The molecule has 0 radical (unpaired) electrons. The van der Waals surface area contributed by atoms with Crippen LogP contribution in [0.2, 0.25) is 0 Å². The summed E-state index contributed by atoms with van der Waals surface area (Å²) in [5.41, 5.74) is 0.574. The van der Waals surface area contributed by atoms with Crippen molar-refractivity contribution in [2.45, 2.75) is 42.8 Å². The van der Waals surface area contributed by atoms with Crippen molar-refractivity contribution in [3.05, 3.63) is 29.8 Å². The molecule has 4 fully saturated rings. The van der Waals surface area contributed by atoms with Crippen LogP contribution in [0.1, 0.15) is 44.1 Å². The van der Waals surface area contributed by atoms with Crippen molar-refractivity contribution in [2.24, 2.45) is 17.3 Å². The molecule has 4 bridgehead atoms. The van der Waals surface area contributed by atoms with Crippen LogP contribution in [-0.2, 0) is 14.3 Å². The second-order valence-corrected chi connectivity index (χ2v) is 9.89. The number of nitrogens with one attached hydrogen (secondary N) is 1. The third-order valence-electron chi connectivity index (χ3n) is 6.03. The van der Waals surface area contributed by atoms with Gasteiger partial charge in [-0.05, 0) is 68.6 Å². The molecule has 0 aliphatic heterocycles. The predicted octanol–water partition coefficient (Wildman–Crippen LogP) is 3.77. The molecule has 4 aliphatic carbocycles. The molecule has 1 N–H and O–H groups in total. The third kappa shape index (κ3) is 3.25. The second-order valence-electron chi connectivity index (χ2n) is 8.21. The van der Waals surface area contributed by atoms with E-state index < -0.39 is 5.41 Å². The molecule has 5 rings (SSSR count). The van der Waals surface area contributed by atoms with E-state index in [1.165, 1.54) is 6.42 Å². The molecule has 0 saturated heterocycles. The Kier molecular flexibility index (Phi) is 4.31. The number of carbonyl (C=O) groups is 2. The summed E-state index contributed by atoms with van der Waals surface area (Å²) in [6.45, 7) is -0.290. The van der Waals surface area contributed by atoms with Crippen LogP contribution in [0.3, 0.4) is 0 Å².